The maximum absolute atomic E-state index is 13.1. The van der Waals surface area contributed by atoms with Crippen LogP contribution in [0.5, 0.6) is 0 Å². The molecule has 0 spiro atoms. The van der Waals surface area contributed by atoms with Crippen LogP contribution in [0.3, 0.4) is 0 Å². The first-order valence-corrected chi connectivity index (χ1v) is 10.4. The van der Waals surface area contributed by atoms with Gasteiger partial charge in [0.15, 0.2) is 0 Å². The first-order valence-electron chi connectivity index (χ1n) is 10.4. The van der Waals surface area contributed by atoms with Gasteiger partial charge in [0.25, 0.3) is 11.8 Å². The van der Waals surface area contributed by atoms with E-state index in [0.29, 0.717) is 36.9 Å². The highest BCUT2D eigenvalue weighted by Gasteiger charge is 2.33. The van der Waals surface area contributed by atoms with Gasteiger partial charge in [-0.3, -0.25) is 14.5 Å². The van der Waals surface area contributed by atoms with E-state index in [1.807, 2.05) is 24.3 Å². The number of carbonyl (C=O) groups is 3. The fraction of sp³-hybridized carbons (Fsp3) is 0.435. The van der Waals surface area contributed by atoms with Crippen molar-refractivity contribution in [1.82, 2.24) is 4.90 Å². The summed E-state index contributed by atoms with van der Waals surface area (Å²) in [4.78, 5) is 40.3. The molecule has 2 heterocycles. The summed E-state index contributed by atoms with van der Waals surface area (Å²) in [6, 6.07) is 9.55. The molecule has 0 N–H and O–H groups in total. The van der Waals surface area contributed by atoms with Crippen molar-refractivity contribution in [1.29, 1.82) is 0 Å². The minimum absolute atomic E-state index is 0.00328. The molecule has 0 aromatic heterocycles. The number of aliphatic carboxylic acids is 1. The first kappa shape index (κ1) is 19.4. The van der Waals surface area contributed by atoms with Crippen LogP contribution in [0.2, 0.25) is 0 Å². The molecule has 6 nitrogen and oxygen atoms in total. The van der Waals surface area contributed by atoms with Gasteiger partial charge in [-0.2, -0.15) is 0 Å². The number of benzene rings is 2. The van der Waals surface area contributed by atoms with Crippen molar-refractivity contribution in [3.05, 3.63) is 41.5 Å². The van der Waals surface area contributed by atoms with E-state index >= 15 is 0 Å². The second-order valence-corrected chi connectivity index (χ2v) is 7.85. The van der Waals surface area contributed by atoms with Crippen molar-refractivity contribution in [3.8, 4) is 0 Å². The molecule has 0 aliphatic carbocycles. The zero-order valence-electron chi connectivity index (χ0n) is 16.5. The molecule has 2 aromatic carbocycles. The molecule has 6 heteroatoms. The van der Waals surface area contributed by atoms with E-state index in [4.69, 9.17) is 0 Å². The average Bonchev–Trinajstić information content (AvgIpc) is 2.74. The van der Waals surface area contributed by atoms with Crippen molar-refractivity contribution < 1.29 is 19.5 Å². The van der Waals surface area contributed by atoms with Gasteiger partial charge in [0.1, 0.15) is 0 Å². The fourth-order valence-electron chi connectivity index (χ4n) is 4.46. The largest absolute Gasteiger partial charge is 0.550 e. The molecular formula is C23H25N2O4-. The maximum atomic E-state index is 13.1. The van der Waals surface area contributed by atoms with Crippen molar-refractivity contribution >= 4 is 34.2 Å². The van der Waals surface area contributed by atoms with E-state index in [2.05, 4.69) is 4.90 Å². The average molecular weight is 393 g/mol. The molecule has 152 valence electrons. The molecule has 0 saturated carbocycles. The summed E-state index contributed by atoms with van der Waals surface area (Å²) in [7, 11) is 0. The highest BCUT2D eigenvalue weighted by atomic mass is 16.4. The van der Waals surface area contributed by atoms with E-state index in [-0.39, 0.29) is 18.2 Å². The van der Waals surface area contributed by atoms with Crippen LogP contribution >= 0.6 is 0 Å². The number of amides is 2. The highest BCUT2D eigenvalue weighted by molar-refractivity contribution is 6.26. The summed E-state index contributed by atoms with van der Waals surface area (Å²) in [5, 5.41) is 12.3. The molecule has 0 bridgehead atoms. The number of carboxylic acid groups (broad SMARTS) is 1. The third-order valence-electron chi connectivity index (χ3n) is 5.93. The number of carbonyl (C=O) groups excluding carboxylic acids is 3. The van der Waals surface area contributed by atoms with Gasteiger partial charge in [0.2, 0.25) is 0 Å². The predicted octanol–water partition coefficient (Wildman–Crippen LogP) is 2.74. The Morgan fingerprint density at radius 3 is 2.34 bits per heavy atom. The van der Waals surface area contributed by atoms with Gasteiger partial charge >= 0.3 is 0 Å². The van der Waals surface area contributed by atoms with Crippen molar-refractivity contribution in [2.75, 3.05) is 24.5 Å². The van der Waals surface area contributed by atoms with E-state index in [0.717, 1.165) is 42.4 Å². The SMILES string of the molecule is O=C([O-])CCCCCN1C(=O)c2cccc3c(N4CCCCC4)ccc(c23)C1=O. The quantitative estimate of drug-likeness (QED) is 0.534. The molecule has 2 amide bonds. The Morgan fingerprint density at radius 1 is 0.897 bits per heavy atom. The standard InChI is InChI=1S/C23H26N2O4/c26-20(27)10-3-1-6-15-25-22(28)17-9-7-8-16-19(24-13-4-2-5-14-24)12-11-18(21(16)17)23(25)29/h7-9,11-12H,1-6,10,13-15H2,(H,26,27)/p-1. The zero-order valence-corrected chi connectivity index (χ0v) is 16.5. The number of hydrogen-bond donors (Lipinski definition) is 0. The van der Waals surface area contributed by atoms with E-state index in [1.54, 1.807) is 6.07 Å². The number of imide groups is 1. The molecular weight excluding hydrogens is 368 g/mol. The molecule has 1 saturated heterocycles. The van der Waals surface area contributed by atoms with Crippen molar-refractivity contribution in [2.45, 2.75) is 44.9 Å². The van der Waals surface area contributed by atoms with Gasteiger partial charge in [0.05, 0.1) is 0 Å². The monoisotopic (exact) mass is 393 g/mol. The summed E-state index contributed by atoms with van der Waals surface area (Å²) in [5.41, 5.74) is 2.25. The van der Waals surface area contributed by atoms with E-state index in [1.165, 1.54) is 11.3 Å². The summed E-state index contributed by atoms with van der Waals surface area (Å²) in [6.07, 6.45) is 5.27. The number of unbranched alkanes of at least 4 members (excludes halogenated alkanes) is 2. The van der Waals surface area contributed by atoms with Crippen LogP contribution in [0.1, 0.15) is 65.7 Å². The molecule has 2 aliphatic heterocycles. The predicted molar refractivity (Wildman–Crippen MR) is 109 cm³/mol. The lowest BCUT2D eigenvalue weighted by Gasteiger charge is -2.32. The third kappa shape index (κ3) is 3.71. The molecule has 29 heavy (non-hydrogen) atoms. The lowest BCUT2D eigenvalue weighted by Crippen LogP contribution is -2.41. The number of anilines is 1. The van der Waals surface area contributed by atoms with Crippen LogP contribution in [-0.2, 0) is 4.79 Å². The maximum Gasteiger partial charge on any atom is 0.261 e. The number of carboxylic acids is 1. The second-order valence-electron chi connectivity index (χ2n) is 7.85. The molecule has 4 rings (SSSR count). The zero-order chi connectivity index (χ0) is 20.4. The first-order chi connectivity index (χ1) is 14.1. The Kier molecular flexibility index (Phi) is 5.51. The topological polar surface area (TPSA) is 80.8 Å². The van der Waals surface area contributed by atoms with E-state index < -0.39 is 5.97 Å². The lowest BCUT2D eigenvalue weighted by atomic mass is 9.92. The van der Waals surface area contributed by atoms with Crippen LogP contribution in [0, 0.1) is 0 Å². The minimum atomic E-state index is -1.07. The Labute approximate surface area is 170 Å². The highest BCUT2D eigenvalue weighted by Crippen LogP contribution is 2.36. The van der Waals surface area contributed by atoms with Crippen LogP contribution in [0.15, 0.2) is 30.3 Å². The van der Waals surface area contributed by atoms with Crippen molar-refractivity contribution in [3.63, 3.8) is 0 Å². The van der Waals surface area contributed by atoms with Gasteiger partial charge < -0.3 is 14.8 Å². The van der Waals surface area contributed by atoms with Gasteiger partial charge in [-0.05, 0) is 56.7 Å². The minimum Gasteiger partial charge on any atom is -0.550 e. The number of nitrogens with zero attached hydrogens (tertiary/aromatic N) is 2. The smallest absolute Gasteiger partial charge is 0.261 e. The number of rotatable bonds is 7. The van der Waals surface area contributed by atoms with Crippen molar-refractivity contribution in [2.24, 2.45) is 0 Å². The van der Waals surface area contributed by atoms with Crippen LogP contribution in [-0.4, -0.2) is 42.3 Å². The normalized spacial score (nSPS) is 16.6. The number of piperidine rings is 1. The molecule has 0 radical (unpaired) electrons. The Morgan fingerprint density at radius 2 is 1.62 bits per heavy atom. The fourth-order valence-corrected chi connectivity index (χ4v) is 4.46. The third-order valence-corrected chi connectivity index (χ3v) is 5.93. The molecule has 2 aromatic rings. The molecule has 2 aliphatic rings. The van der Waals surface area contributed by atoms with Gasteiger partial charge in [-0.25, -0.2) is 0 Å². The van der Waals surface area contributed by atoms with Crippen LogP contribution in [0.25, 0.3) is 10.8 Å². The lowest BCUT2D eigenvalue weighted by molar-refractivity contribution is -0.305. The van der Waals surface area contributed by atoms with Crippen LogP contribution < -0.4 is 10.0 Å². The van der Waals surface area contributed by atoms with Gasteiger partial charge in [-0.1, -0.05) is 18.6 Å². The summed E-state index contributed by atoms with van der Waals surface area (Å²) in [5.74, 6) is -1.59. The van der Waals surface area contributed by atoms with Crippen LogP contribution in [0.4, 0.5) is 5.69 Å². The summed E-state index contributed by atoms with van der Waals surface area (Å²) < 4.78 is 0. The second kappa shape index (κ2) is 8.23. The molecule has 1 fully saturated rings. The van der Waals surface area contributed by atoms with E-state index in [9.17, 15) is 19.5 Å². The Bertz CT molecular complexity index is 940. The Hall–Kier alpha value is -2.89. The van der Waals surface area contributed by atoms with Gasteiger partial charge in [-0.15, -0.1) is 0 Å². The number of hydrogen-bond acceptors (Lipinski definition) is 5. The Balaban J connectivity index is 1.61. The molecule has 0 unspecified atom stereocenters. The summed E-state index contributed by atoms with van der Waals surface area (Å²) in [6.45, 7) is 2.30. The molecule has 0 atom stereocenters. The van der Waals surface area contributed by atoms with Gasteiger partial charge in [0, 0.05) is 53.2 Å². The summed E-state index contributed by atoms with van der Waals surface area (Å²) >= 11 is 0.